The number of hydrogen-bond donors (Lipinski definition) is 2. The summed E-state index contributed by atoms with van der Waals surface area (Å²) in [7, 11) is 0. The zero-order valence-electron chi connectivity index (χ0n) is 19.2. The first kappa shape index (κ1) is 24.3. The molecule has 1 aromatic carbocycles. The van der Waals surface area contributed by atoms with E-state index in [1.807, 2.05) is 18.2 Å². The highest BCUT2D eigenvalue weighted by Crippen LogP contribution is 2.30. The van der Waals surface area contributed by atoms with Crippen LogP contribution >= 0.6 is 0 Å². The molecule has 184 valence electrons. The van der Waals surface area contributed by atoms with E-state index in [0.29, 0.717) is 50.0 Å². The minimum absolute atomic E-state index is 0.0405. The summed E-state index contributed by atoms with van der Waals surface area (Å²) in [5, 5.41) is 14.6. The van der Waals surface area contributed by atoms with Crippen molar-refractivity contribution in [3.8, 4) is 23.4 Å². The van der Waals surface area contributed by atoms with E-state index in [1.54, 1.807) is 18.2 Å². The third kappa shape index (κ3) is 7.30. The monoisotopic (exact) mass is 481 g/mol. The summed E-state index contributed by atoms with van der Waals surface area (Å²) in [6.45, 7) is 2.03. The summed E-state index contributed by atoms with van der Waals surface area (Å²) in [5.74, 6) is 1.21. The van der Waals surface area contributed by atoms with Crippen LogP contribution in [-0.2, 0) is 9.47 Å². The van der Waals surface area contributed by atoms with Gasteiger partial charge in [-0.1, -0.05) is 12.2 Å². The highest BCUT2D eigenvalue weighted by Gasteiger charge is 2.15. The number of nitrogens with one attached hydrogen (secondary N) is 2. The van der Waals surface area contributed by atoms with Crippen molar-refractivity contribution in [2.24, 2.45) is 0 Å². The SMILES string of the molecule is N#Cc1ncc2nc1OCC/C=C/COc1ccc(OCCOC3CCCCO3)cc1NC(=O)N2. The van der Waals surface area contributed by atoms with E-state index < -0.39 is 6.03 Å². The average Bonchev–Trinajstić information content (AvgIpc) is 2.87. The molecule has 2 amide bonds. The number of carbonyl (C=O) groups is 1. The van der Waals surface area contributed by atoms with E-state index in [4.69, 9.17) is 23.7 Å². The van der Waals surface area contributed by atoms with Crippen molar-refractivity contribution in [1.29, 1.82) is 5.26 Å². The number of amides is 2. The molecule has 35 heavy (non-hydrogen) atoms. The molecular formula is C24H27N5O6. The lowest BCUT2D eigenvalue weighted by molar-refractivity contribution is -0.165. The Morgan fingerprint density at radius 2 is 2.09 bits per heavy atom. The van der Waals surface area contributed by atoms with E-state index in [-0.39, 0.29) is 23.7 Å². The predicted molar refractivity (Wildman–Crippen MR) is 126 cm³/mol. The lowest BCUT2D eigenvalue weighted by Gasteiger charge is -2.22. The van der Waals surface area contributed by atoms with Crippen LogP contribution in [0.5, 0.6) is 17.4 Å². The van der Waals surface area contributed by atoms with Gasteiger partial charge in [0.1, 0.15) is 30.8 Å². The summed E-state index contributed by atoms with van der Waals surface area (Å²) < 4.78 is 28.4. The van der Waals surface area contributed by atoms with Crippen LogP contribution in [0.1, 0.15) is 31.4 Å². The molecule has 1 unspecified atom stereocenters. The molecule has 1 atom stereocenters. The first-order valence-electron chi connectivity index (χ1n) is 11.5. The van der Waals surface area contributed by atoms with E-state index in [0.717, 1.165) is 25.9 Å². The highest BCUT2D eigenvalue weighted by atomic mass is 16.7. The molecule has 11 nitrogen and oxygen atoms in total. The number of anilines is 2. The maximum atomic E-state index is 12.7. The zero-order chi connectivity index (χ0) is 24.3. The number of rotatable bonds is 5. The largest absolute Gasteiger partial charge is 0.491 e. The molecule has 2 aliphatic rings. The lowest BCUT2D eigenvalue weighted by Crippen LogP contribution is -2.24. The molecule has 3 heterocycles. The Morgan fingerprint density at radius 1 is 1.14 bits per heavy atom. The Hall–Kier alpha value is -3.88. The van der Waals surface area contributed by atoms with Gasteiger partial charge in [0.15, 0.2) is 12.1 Å². The van der Waals surface area contributed by atoms with Gasteiger partial charge in [-0.3, -0.25) is 5.32 Å². The van der Waals surface area contributed by atoms with Crippen LogP contribution in [0.4, 0.5) is 16.3 Å². The molecule has 0 saturated carbocycles. The van der Waals surface area contributed by atoms with Gasteiger partial charge in [-0.15, -0.1) is 0 Å². The van der Waals surface area contributed by atoms with E-state index in [1.165, 1.54) is 6.20 Å². The molecular weight excluding hydrogens is 454 g/mol. The number of carbonyl (C=O) groups excluding carboxylic acids is 1. The van der Waals surface area contributed by atoms with Gasteiger partial charge in [0.25, 0.3) is 5.88 Å². The Bertz CT molecular complexity index is 1080. The summed E-state index contributed by atoms with van der Waals surface area (Å²) >= 11 is 0. The minimum Gasteiger partial charge on any atom is -0.491 e. The van der Waals surface area contributed by atoms with Gasteiger partial charge in [-0.05, 0) is 37.8 Å². The Kier molecular flexibility index (Phi) is 8.69. The van der Waals surface area contributed by atoms with Crippen molar-refractivity contribution in [3.63, 3.8) is 0 Å². The van der Waals surface area contributed by atoms with Crippen molar-refractivity contribution < 1.29 is 28.5 Å². The summed E-state index contributed by atoms with van der Waals surface area (Å²) in [6.07, 6.45) is 8.49. The molecule has 2 N–H and O–H groups in total. The van der Waals surface area contributed by atoms with Crippen molar-refractivity contribution in [2.75, 3.05) is 43.7 Å². The maximum absolute atomic E-state index is 12.7. The average molecular weight is 482 g/mol. The van der Waals surface area contributed by atoms with Crippen LogP contribution in [0.3, 0.4) is 0 Å². The molecule has 2 aromatic rings. The van der Waals surface area contributed by atoms with Crippen molar-refractivity contribution >= 4 is 17.5 Å². The molecule has 11 heteroatoms. The van der Waals surface area contributed by atoms with Crippen LogP contribution in [0.25, 0.3) is 0 Å². The Labute approximate surface area is 203 Å². The molecule has 1 fully saturated rings. The second kappa shape index (κ2) is 12.5. The number of urea groups is 1. The van der Waals surface area contributed by atoms with Crippen molar-refractivity contribution in [2.45, 2.75) is 32.0 Å². The molecule has 1 aromatic heterocycles. The molecule has 4 rings (SSSR count). The fourth-order valence-electron chi connectivity index (χ4n) is 3.43. The van der Waals surface area contributed by atoms with Crippen LogP contribution < -0.4 is 24.8 Å². The van der Waals surface area contributed by atoms with Crippen molar-refractivity contribution in [3.05, 3.63) is 42.2 Å². The molecule has 2 aliphatic heterocycles. The molecule has 0 aliphatic carbocycles. The minimum atomic E-state index is -0.569. The molecule has 0 spiro atoms. The number of nitriles is 1. The van der Waals surface area contributed by atoms with Gasteiger partial charge in [0, 0.05) is 12.7 Å². The van der Waals surface area contributed by atoms with Crippen LogP contribution in [0, 0.1) is 11.3 Å². The van der Waals surface area contributed by atoms with E-state index in [2.05, 4.69) is 20.6 Å². The van der Waals surface area contributed by atoms with Gasteiger partial charge in [0.05, 0.1) is 25.1 Å². The Morgan fingerprint density at radius 3 is 2.94 bits per heavy atom. The third-order valence-electron chi connectivity index (χ3n) is 5.11. The topological polar surface area (TPSA) is 137 Å². The van der Waals surface area contributed by atoms with Crippen LogP contribution in [-0.4, -0.2) is 55.3 Å². The number of hydrogen-bond acceptors (Lipinski definition) is 9. The number of aromatic nitrogens is 2. The smallest absolute Gasteiger partial charge is 0.325 e. The number of fused-ring (bicyclic) bond motifs is 3. The molecule has 0 radical (unpaired) electrons. The first-order chi connectivity index (χ1) is 17.2. The second-order valence-electron chi connectivity index (χ2n) is 7.69. The normalized spacial score (nSPS) is 19.2. The zero-order valence-corrected chi connectivity index (χ0v) is 19.2. The summed E-state index contributed by atoms with van der Waals surface area (Å²) in [5.41, 5.74) is 0.455. The number of ether oxygens (including phenoxy) is 5. The number of benzene rings is 1. The van der Waals surface area contributed by atoms with Gasteiger partial charge in [-0.25, -0.2) is 9.78 Å². The van der Waals surface area contributed by atoms with Gasteiger partial charge >= 0.3 is 6.03 Å². The summed E-state index contributed by atoms with van der Waals surface area (Å²) in [6, 6.07) is 6.52. The molecule has 2 bridgehead atoms. The first-order valence-corrected chi connectivity index (χ1v) is 11.5. The number of nitrogens with zero attached hydrogens (tertiary/aromatic N) is 3. The fourth-order valence-corrected chi connectivity index (χ4v) is 3.43. The van der Waals surface area contributed by atoms with Gasteiger partial charge in [-0.2, -0.15) is 10.2 Å². The van der Waals surface area contributed by atoms with Crippen LogP contribution in [0.2, 0.25) is 0 Å². The molecule has 1 saturated heterocycles. The third-order valence-corrected chi connectivity index (χ3v) is 5.11. The summed E-state index contributed by atoms with van der Waals surface area (Å²) in [4.78, 5) is 20.8. The van der Waals surface area contributed by atoms with Crippen molar-refractivity contribution in [1.82, 2.24) is 9.97 Å². The standard InChI is InChI=1S/C24H27N5O6/c25-15-19-23-28-21(16-26-19)29-24(30)27-18-14-17(31-12-13-34-22-6-2-5-10-33-22)7-8-20(18)32-9-3-1-4-11-35-23/h1,3,7-8,14,16,22H,2,4-6,9-13H2,(H2,27,28,29,30)/b3-1+. The van der Waals surface area contributed by atoms with Gasteiger partial charge in [0.2, 0.25) is 5.69 Å². The lowest BCUT2D eigenvalue weighted by atomic mass is 10.2. The second-order valence-corrected chi connectivity index (χ2v) is 7.69. The van der Waals surface area contributed by atoms with E-state index >= 15 is 0 Å². The predicted octanol–water partition coefficient (Wildman–Crippen LogP) is 3.63. The quantitative estimate of drug-likeness (QED) is 0.484. The van der Waals surface area contributed by atoms with Gasteiger partial charge < -0.3 is 29.0 Å². The Balaban J connectivity index is 1.43. The van der Waals surface area contributed by atoms with E-state index in [9.17, 15) is 10.1 Å². The highest BCUT2D eigenvalue weighted by molar-refractivity contribution is 6.00. The maximum Gasteiger partial charge on any atom is 0.325 e. The van der Waals surface area contributed by atoms with Crippen LogP contribution in [0.15, 0.2) is 36.5 Å². The fraction of sp³-hybridized carbons (Fsp3) is 0.417.